The van der Waals surface area contributed by atoms with Crippen molar-refractivity contribution in [2.24, 2.45) is 11.8 Å². The lowest BCUT2D eigenvalue weighted by molar-refractivity contribution is 0.397. The van der Waals surface area contributed by atoms with E-state index in [0.717, 1.165) is 31.6 Å². The summed E-state index contributed by atoms with van der Waals surface area (Å²) in [6.45, 7) is 12.3. The molecule has 18 heavy (non-hydrogen) atoms. The number of anilines is 1. The molecule has 1 aromatic rings. The number of aromatic nitrogens is 2. The summed E-state index contributed by atoms with van der Waals surface area (Å²) in [4.78, 5) is 12.2. The average Bonchev–Trinajstić information content (AvgIpc) is 2.50. The highest BCUT2D eigenvalue weighted by Gasteiger charge is 2.17. The van der Waals surface area contributed by atoms with Gasteiger partial charge in [0.25, 0.3) is 5.56 Å². The number of nitrogens with two attached hydrogens (primary N) is 1. The van der Waals surface area contributed by atoms with Crippen LogP contribution in [0.4, 0.5) is 5.69 Å². The summed E-state index contributed by atoms with van der Waals surface area (Å²) in [5, 5.41) is 0. The highest BCUT2D eigenvalue weighted by atomic mass is 16.1. The number of rotatable bonds is 6. The molecule has 0 aliphatic carbocycles. The van der Waals surface area contributed by atoms with Crippen molar-refractivity contribution in [1.29, 1.82) is 0 Å². The largest absolute Gasteiger partial charge is 0.393 e. The minimum absolute atomic E-state index is 0.0202. The fraction of sp³-hybridized carbons (Fsp3) is 0.786. The molecule has 4 nitrogen and oxygen atoms in total. The third-order valence-corrected chi connectivity index (χ3v) is 3.20. The fourth-order valence-corrected chi connectivity index (χ4v) is 2.22. The molecule has 1 heterocycles. The summed E-state index contributed by atoms with van der Waals surface area (Å²) in [6, 6.07) is 0. The number of hydrogen-bond acceptors (Lipinski definition) is 2. The van der Waals surface area contributed by atoms with Gasteiger partial charge in [-0.05, 0) is 31.6 Å². The second-order valence-electron chi connectivity index (χ2n) is 5.78. The Kier molecular flexibility index (Phi) is 5.05. The van der Waals surface area contributed by atoms with E-state index in [1.807, 2.05) is 4.68 Å². The first-order chi connectivity index (χ1) is 8.38. The molecule has 0 fully saturated rings. The van der Waals surface area contributed by atoms with E-state index in [2.05, 4.69) is 39.3 Å². The monoisotopic (exact) mass is 253 g/mol. The summed E-state index contributed by atoms with van der Waals surface area (Å²) >= 11 is 0. The Balaban J connectivity index is 3.13. The van der Waals surface area contributed by atoms with E-state index in [9.17, 15) is 4.79 Å². The molecule has 0 aliphatic rings. The molecule has 2 N–H and O–H groups in total. The first-order valence-electron chi connectivity index (χ1n) is 6.96. The van der Waals surface area contributed by atoms with Gasteiger partial charge in [-0.15, -0.1) is 0 Å². The van der Waals surface area contributed by atoms with Crippen molar-refractivity contribution in [3.05, 3.63) is 16.0 Å². The molecule has 104 valence electrons. The number of nitrogens with zero attached hydrogens (tertiary/aromatic N) is 2. The molecule has 0 radical (unpaired) electrons. The summed E-state index contributed by atoms with van der Waals surface area (Å²) in [7, 11) is 0. The van der Waals surface area contributed by atoms with Crippen molar-refractivity contribution in [3.8, 4) is 0 Å². The molecular formula is C14H27N3O. The van der Waals surface area contributed by atoms with Crippen molar-refractivity contribution in [3.63, 3.8) is 0 Å². The lowest BCUT2D eigenvalue weighted by Crippen LogP contribution is -2.24. The van der Waals surface area contributed by atoms with Gasteiger partial charge in [0.1, 0.15) is 5.69 Å². The molecule has 0 amide bonds. The van der Waals surface area contributed by atoms with E-state index in [1.165, 1.54) is 0 Å². The van der Waals surface area contributed by atoms with Gasteiger partial charge in [-0.2, -0.15) is 0 Å². The van der Waals surface area contributed by atoms with Crippen LogP contribution in [0.1, 0.15) is 46.7 Å². The van der Waals surface area contributed by atoms with Crippen molar-refractivity contribution < 1.29 is 0 Å². The molecule has 0 aromatic carbocycles. The molecular weight excluding hydrogens is 226 g/mol. The molecule has 0 bridgehead atoms. The molecule has 4 heteroatoms. The van der Waals surface area contributed by atoms with Gasteiger partial charge in [0, 0.05) is 13.1 Å². The van der Waals surface area contributed by atoms with E-state index in [4.69, 9.17) is 5.73 Å². The zero-order chi connectivity index (χ0) is 13.9. The van der Waals surface area contributed by atoms with E-state index < -0.39 is 0 Å². The van der Waals surface area contributed by atoms with Crippen LogP contribution in [0.25, 0.3) is 0 Å². The predicted octanol–water partition coefficient (Wildman–Crippen LogP) is 2.50. The Morgan fingerprint density at radius 1 is 1.11 bits per heavy atom. The van der Waals surface area contributed by atoms with Crippen LogP contribution in [0.5, 0.6) is 0 Å². The lowest BCUT2D eigenvalue weighted by atomic mass is 10.1. The van der Waals surface area contributed by atoms with Crippen LogP contribution < -0.4 is 11.3 Å². The van der Waals surface area contributed by atoms with Crippen LogP contribution in [-0.2, 0) is 19.5 Å². The quantitative estimate of drug-likeness (QED) is 0.847. The summed E-state index contributed by atoms with van der Waals surface area (Å²) in [5.74, 6) is 1.09. The molecule has 0 unspecified atom stereocenters. The first-order valence-corrected chi connectivity index (χ1v) is 6.96. The van der Waals surface area contributed by atoms with E-state index in [-0.39, 0.29) is 5.56 Å². The normalized spacial score (nSPS) is 11.7. The van der Waals surface area contributed by atoms with Gasteiger partial charge in [0.2, 0.25) is 0 Å². The average molecular weight is 253 g/mol. The molecule has 1 aromatic heterocycles. The Labute approximate surface area is 110 Å². The zero-order valence-corrected chi connectivity index (χ0v) is 12.4. The Hall–Kier alpha value is -1.19. The van der Waals surface area contributed by atoms with E-state index >= 15 is 0 Å². The molecule has 0 saturated carbocycles. The lowest BCUT2D eigenvalue weighted by Gasteiger charge is -2.15. The van der Waals surface area contributed by atoms with Crippen LogP contribution in [-0.4, -0.2) is 9.36 Å². The molecule has 0 aliphatic heterocycles. The molecule has 1 rings (SSSR count). The summed E-state index contributed by atoms with van der Waals surface area (Å²) in [6.07, 6.45) is 1.87. The third kappa shape index (κ3) is 3.18. The standard InChI is InChI=1S/C14H27N3O/c1-6-16-12(9-11(4)5)13(15)14(18)17(16)8-7-10(2)3/h10-11H,6-9,15H2,1-5H3. The fourth-order valence-electron chi connectivity index (χ4n) is 2.22. The van der Waals surface area contributed by atoms with Gasteiger partial charge < -0.3 is 5.73 Å². The summed E-state index contributed by atoms with van der Waals surface area (Å²) < 4.78 is 3.87. The van der Waals surface area contributed by atoms with Crippen LogP contribution >= 0.6 is 0 Å². The maximum Gasteiger partial charge on any atom is 0.290 e. The molecule has 0 atom stereocenters. The van der Waals surface area contributed by atoms with Crippen molar-refractivity contribution in [2.75, 3.05) is 5.73 Å². The van der Waals surface area contributed by atoms with E-state index in [0.29, 0.717) is 17.5 Å². The van der Waals surface area contributed by atoms with Gasteiger partial charge in [-0.3, -0.25) is 9.48 Å². The van der Waals surface area contributed by atoms with Gasteiger partial charge in [0.05, 0.1) is 5.69 Å². The van der Waals surface area contributed by atoms with Crippen LogP contribution in [0.2, 0.25) is 0 Å². The van der Waals surface area contributed by atoms with Gasteiger partial charge >= 0.3 is 0 Å². The van der Waals surface area contributed by atoms with Crippen molar-refractivity contribution in [2.45, 2.75) is 60.5 Å². The first kappa shape index (κ1) is 14.9. The number of hydrogen-bond donors (Lipinski definition) is 1. The topological polar surface area (TPSA) is 52.9 Å². The van der Waals surface area contributed by atoms with E-state index in [1.54, 1.807) is 0 Å². The molecule has 0 saturated heterocycles. The number of nitrogen functional groups attached to an aromatic ring is 1. The Bertz CT molecular complexity index is 441. The Morgan fingerprint density at radius 2 is 1.72 bits per heavy atom. The second-order valence-corrected chi connectivity index (χ2v) is 5.78. The minimum Gasteiger partial charge on any atom is -0.393 e. The summed E-state index contributed by atoms with van der Waals surface area (Å²) in [5.41, 5.74) is 7.40. The van der Waals surface area contributed by atoms with Crippen molar-refractivity contribution >= 4 is 5.69 Å². The third-order valence-electron chi connectivity index (χ3n) is 3.20. The minimum atomic E-state index is -0.0202. The predicted molar refractivity (Wildman–Crippen MR) is 76.8 cm³/mol. The van der Waals surface area contributed by atoms with Crippen LogP contribution in [0.15, 0.2) is 4.79 Å². The second kappa shape index (κ2) is 6.12. The van der Waals surface area contributed by atoms with Crippen LogP contribution in [0, 0.1) is 11.8 Å². The molecule has 0 spiro atoms. The van der Waals surface area contributed by atoms with Gasteiger partial charge in [-0.1, -0.05) is 27.7 Å². The van der Waals surface area contributed by atoms with Crippen LogP contribution in [0.3, 0.4) is 0 Å². The zero-order valence-electron chi connectivity index (χ0n) is 12.4. The van der Waals surface area contributed by atoms with Gasteiger partial charge in [-0.25, -0.2) is 4.68 Å². The van der Waals surface area contributed by atoms with Crippen molar-refractivity contribution in [1.82, 2.24) is 9.36 Å². The SMILES string of the molecule is CCn1c(CC(C)C)c(N)c(=O)n1CCC(C)C. The maximum absolute atomic E-state index is 12.2. The Morgan fingerprint density at radius 3 is 2.17 bits per heavy atom. The highest BCUT2D eigenvalue weighted by Crippen LogP contribution is 2.15. The maximum atomic E-state index is 12.2. The smallest absolute Gasteiger partial charge is 0.290 e. The van der Waals surface area contributed by atoms with Gasteiger partial charge in [0.15, 0.2) is 0 Å². The highest BCUT2D eigenvalue weighted by molar-refractivity contribution is 5.41.